The first-order valence-electron chi connectivity index (χ1n) is 7.40. The van der Waals surface area contributed by atoms with Crippen molar-refractivity contribution in [1.29, 1.82) is 0 Å². The molecule has 0 unspecified atom stereocenters. The summed E-state index contributed by atoms with van der Waals surface area (Å²) in [5, 5.41) is 9.72. The molecule has 0 aliphatic carbocycles. The zero-order chi connectivity index (χ0) is 15.7. The second-order valence-corrected chi connectivity index (χ2v) is 7.02. The molecule has 1 aliphatic rings. The molecule has 0 saturated carbocycles. The Kier molecular flexibility index (Phi) is 4.28. The molecule has 1 aromatic rings. The van der Waals surface area contributed by atoms with Gasteiger partial charge >= 0.3 is 6.09 Å². The van der Waals surface area contributed by atoms with Crippen LogP contribution in [0.3, 0.4) is 0 Å². The van der Waals surface area contributed by atoms with Gasteiger partial charge in [0.25, 0.3) is 0 Å². The normalized spacial score (nSPS) is 26.0. The van der Waals surface area contributed by atoms with Crippen molar-refractivity contribution in [2.45, 2.75) is 38.7 Å². The Morgan fingerprint density at radius 1 is 1.38 bits per heavy atom. The van der Waals surface area contributed by atoms with Crippen LogP contribution in [-0.4, -0.2) is 41.4 Å². The SMILES string of the molecule is CC(C)(C)OC(=O)N1C[C@@H](CO)[C@](C)(c2ccccc2)C1. The van der Waals surface area contributed by atoms with Crippen LogP contribution < -0.4 is 0 Å². The zero-order valence-electron chi connectivity index (χ0n) is 13.3. The van der Waals surface area contributed by atoms with Crippen molar-refractivity contribution in [1.82, 2.24) is 4.90 Å². The van der Waals surface area contributed by atoms with Crippen LogP contribution in [0.4, 0.5) is 4.79 Å². The van der Waals surface area contributed by atoms with Gasteiger partial charge in [-0.3, -0.25) is 0 Å². The van der Waals surface area contributed by atoms with Crippen LogP contribution in [0.25, 0.3) is 0 Å². The van der Waals surface area contributed by atoms with Gasteiger partial charge in [-0.1, -0.05) is 37.3 Å². The number of aliphatic hydroxyl groups excluding tert-OH is 1. The maximum absolute atomic E-state index is 12.3. The van der Waals surface area contributed by atoms with E-state index < -0.39 is 5.60 Å². The van der Waals surface area contributed by atoms with E-state index in [0.717, 1.165) is 5.56 Å². The molecule has 0 spiro atoms. The minimum atomic E-state index is -0.502. The van der Waals surface area contributed by atoms with Crippen molar-refractivity contribution >= 4 is 6.09 Å². The molecule has 2 atom stereocenters. The lowest BCUT2D eigenvalue weighted by atomic mass is 9.74. The van der Waals surface area contributed by atoms with Crippen molar-refractivity contribution < 1.29 is 14.6 Å². The summed E-state index contributed by atoms with van der Waals surface area (Å²) in [5.74, 6) is 0.0208. The van der Waals surface area contributed by atoms with Crippen LogP contribution in [-0.2, 0) is 10.2 Å². The number of nitrogens with zero attached hydrogens (tertiary/aromatic N) is 1. The average Bonchev–Trinajstić information content (AvgIpc) is 2.76. The van der Waals surface area contributed by atoms with Gasteiger partial charge in [-0.05, 0) is 26.3 Å². The zero-order valence-corrected chi connectivity index (χ0v) is 13.3. The molecule has 21 heavy (non-hydrogen) atoms. The third-order valence-electron chi connectivity index (χ3n) is 4.17. The van der Waals surface area contributed by atoms with Gasteiger partial charge in [0.1, 0.15) is 5.60 Å². The summed E-state index contributed by atoms with van der Waals surface area (Å²) in [6, 6.07) is 10.1. The molecule has 1 saturated heterocycles. The van der Waals surface area contributed by atoms with E-state index >= 15 is 0 Å². The predicted molar refractivity (Wildman–Crippen MR) is 82.2 cm³/mol. The number of amides is 1. The van der Waals surface area contributed by atoms with Crippen LogP contribution in [0.1, 0.15) is 33.3 Å². The Bertz CT molecular complexity index is 495. The number of carbonyl (C=O) groups excluding carboxylic acids is 1. The molecule has 0 radical (unpaired) electrons. The molecule has 4 heteroatoms. The maximum atomic E-state index is 12.3. The van der Waals surface area contributed by atoms with Gasteiger partial charge in [-0.15, -0.1) is 0 Å². The van der Waals surface area contributed by atoms with Crippen LogP contribution in [0.2, 0.25) is 0 Å². The van der Waals surface area contributed by atoms with Crippen LogP contribution in [0.5, 0.6) is 0 Å². The standard InChI is InChI=1S/C17H25NO3/c1-16(2,3)21-15(20)18-10-14(11-19)17(4,12-18)13-8-6-5-7-9-13/h5-9,14,19H,10-12H2,1-4H3/t14-,17-/m0/s1. The summed E-state index contributed by atoms with van der Waals surface area (Å²) in [6.07, 6.45) is -0.305. The summed E-state index contributed by atoms with van der Waals surface area (Å²) < 4.78 is 5.45. The molecular weight excluding hydrogens is 266 g/mol. The number of carbonyl (C=O) groups is 1. The molecular formula is C17H25NO3. The highest BCUT2D eigenvalue weighted by Gasteiger charge is 2.46. The van der Waals surface area contributed by atoms with Crippen LogP contribution >= 0.6 is 0 Å². The fourth-order valence-corrected chi connectivity index (χ4v) is 2.93. The predicted octanol–water partition coefficient (Wildman–Crippen LogP) is 2.80. The minimum Gasteiger partial charge on any atom is -0.444 e. The second-order valence-electron chi connectivity index (χ2n) is 7.02. The largest absolute Gasteiger partial charge is 0.444 e. The third-order valence-corrected chi connectivity index (χ3v) is 4.17. The van der Waals surface area contributed by atoms with Gasteiger partial charge in [-0.25, -0.2) is 4.79 Å². The van der Waals surface area contributed by atoms with E-state index in [1.54, 1.807) is 4.90 Å². The summed E-state index contributed by atoms with van der Waals surface area (Å²) in [4.78, 5) is 14.0. The molecule has 1 heterocycles. The van der Waals surface area contributed by atoms with Crippen LogP contribution in [0.15, 0.2) is 30.3 Å². The summed E-state index contributed by atoms with van der Waals surface area (Å²) in [7, 11) is 0. The lowest BCUT2D eigenvalue weighted by molar-refractivity contribution is 0.0279. The van der Waals surface area contributed by atoms with Gasteiger partial charge in [-0.2, -0.15) is 0 Å². The van der Waals surface area contributed by atoms with Gasteiger partial charge in [0.2, 0.25) is 0 Å². The van der Waals surface area contributed by atoms with E-state index in [1.165, 1.54) is 0 Å². The number of benzene rings is 1. The Hall–Kier alpha value is -1.55. The highest BCUT2D eigenvalue weighted by Crippen LogP contribution is 2.39. The van der Waals surface area contributed by atoms with E-state index in [4.69, 9.17) is 4.74 Å². The van der Waals surface area contributed by atoms with E-state index in [-0.39, 0.29) is 24.0 Å². The first-order valence-corrected chi connectivity index (χ1v) is 7.40. The first-order chi connectivity index (χ1) is 9.76. The Morgan fingerprint density at radius 2 is 2.00 bits per heavy atom. The molecule has 116 valence electrons. The van der Waals surface area contributed by atoms with Crippen molar-refractivity contribution in [2.24, 2.45) is 5.92 Å². The highest BCUT2D eigenvalue weighted by molar-refractivity contribution is 5.69. The van der Waals surface area contributed by atoms with Crippen molar-refractivity contribution in [3.8, 4) is 0 Å². The molecule has 0 bridgehead atoms. The van der Waals surface area contributed by atoms with Crippen molar-refractivity contribution in [3.63, 3.8) is 0 Å². The molecule has 1 fully saturated rings. The Morgan fingerprint density at radius 3 is 2.52 bits per heavy atom. The minimum absolute atomic E-state index is 0.0208. The molecule has 2 rings (SSSR count). The number of aliphatic hydroxyl groups is 1. The Labute approximate surface area is 126 Å². The molecule has 0 aromatic heterocycles. The number of rotatable bonds is 2. The van der Waals surface area contributed by atoms with Gasteiger partial charge in [0.15, 0.2) is 0 Å². The molecule has 1 aliphatic heterocycles. The fraction of sp³-hybridized carbons (Fsp3) is 0.588. The summed E-state index contributed by atoms with van der Waals surface area (Å²) in [5.41, 5.74) is 0.403. The van der Waals surface area contributed by atoms with Crippen molar-refractivity contribution in [2.75, 3.05) is 19.7 Å². The molecule has 4 nitrogen and oxygen atoms in total. The fourth-order valence-electron chi connectivity index (χ4n) is 2.93. The lowest BCUT2D eigenvalue weighted by Gasteiger charge is -2.30. The van der Waals surface area contributed by atoms with E-state index in [2.05, 4.69) is 19.1 Å². The summed E-state index contributed by atoms with van der Waals surface area (Å²) >= 11 is 0. The quantitative estimate of drug-likeness (QED) is 0.911. The maximum Gasteiger partial charge on any atom is 0.410 e. The molecule has 1 amide bonds. The third kappa shape index (κ3) is 3.38. The van der Waals surface area contributed by atoms with E-state index in [9.17, 15) is 9.90 Å². The lowest BCUT2D eigenvalue weighted by Crippen LogP contribution is -2.37. The van der Waals surface area contributed by atoms with E-state index in [1.807, 2.05) is 39.0 Å². The van der Waals surface area contributed by atoms with Gasteiger partial charge < -0.3 is 14.7 Å². The number of ether oxygens (including phenoxy) is 1. The number of likely N-dealkylation sites (tertiary alicyclic amines) is 1. The topological polar surface area (TPSA) is 49.8 Å². The Balaban J connectivity index is 2.20. The monoisotopic (exact) mass is 291 g/mol. The van der Waals surface area contributed by atoms with Crippen LogP contribution in [0, 0.1) is 5.92 Å². The number of hydrogen-bond donors (Lipinski definition) is 1. The first kappa shape index (κ1) is 15.8. The molecule has 1 aromatic carbocycles. The van der Waals surface area contributed by atoms with Gasteiger partial charge in [0.05, 0.1) is 0 Å². The summed E-state index contributed by atoms with van der Waals surface area (Å²) in [6.45, 7) is 8.84. The van der Waals surface area contributed by atoms with Gasteiger partial charge in [0, 0.05) is 31.0 Å². The second kappa shape index (κ2) is 5.68. The number of hydrogen-bond acceptors (Lipinski definition) is 3. The smallest absolute Gasteiger partial charge is 0.410 e. The molecule has 1 N–H and O–H groups in total. The van der Waals surface area contributed by atoms with E-state index in [0.29, 0.717) is 13.1 Å². The highest BCUT2D eigenvalue weighted by atomic mass is 16.6. The van der Waals surface area contributed by atoms with Crippen molar-refractivity contribution in [3.05, 3.63) is 35.9 Å². The average molecular weight is 291 g/mol.